The van der Waals surface area contributed by atoms with Crippen LogP contribution in [0.1, 0.15) is 126 Å². The average Bonchev–Trinajstić information content (AvgIpc) is 3.32. The van der Waals surface area contributed by atoms with E-state index in [9.17, 15) is 52.7 Å². The Bertz CT molecular complexity index is 2050. The Balaban J connectivity index is 2.74. The molecule has 1 saturated heterocycles. The SMILES string of the molecule is CCCCCCCCNC(=O)[C@H](CCCCNC(=O)OCc1ccccc1)NC(=O)[C@H](OC(C)=O)[C@@H](OC(C)=O)[C@H](O[C@@H]1O[C@H](COC(C)=O)[C@H](OC(C)=O)[C@H](OC(C)=O)[C@H]1OC(C)=O)[C@@H](COC(C)=O)OC(C)=O. The summed E-state index contributed by atoms with van der Waals surface area (Å²) in [6.07, 6.45) is -12.8. The molecule has 0 spiro atoms. The van der Waals surface area contributed by atoms with E-state index in [1.165, 1.54) is 0 Å². The maximum atomic E-state index is 14.8. The maximum Gasteiger partial charge on any atom is 0.407 e. The maximum absolute atomic E-state index is 14.8. The van der Waals surface area contributed by atoms with Crippen molar-refractivity contribution in [1.82, 2.24) is 16.0 Å². The topological polar surface area (TPSA) is 325 Å². The molecule has 75 heavy (non-hydrogen) atoms. The van der Waals surface area contributed by atoms with Crippen molar-refractivity contribution in [2.24, 2.45) is 0 Å². The predicted molar refractivity (Wildman–Crippen MR) is 257 cm³/mol. The van der Waals surface area contributed by atoms with Crippen LogP contribution in [0, 0.1) is 0 Å². The fourth-order valence-electron chi connectivity index (χ4n) is 7.58. The number of hydrogen-bond donors (Lipinski definition) is 3. The number of ether oxygens (including phenoxy) is 11. The fourth-order valence-corrected chi connectivity index (χ4v) is 7.58. The van der Waals surface area contributed by atoms with E-state index in [4.69, 9.17) is 52.1 Å². The minimum atomic E-state index is -2.33. The Morgan fingerprint density at radius 1 is 0.547 bits per heavy atom. The van der Waals surface area contributed by atoms with Crippen molar-refractivity contribution in [3.05, 3.63) is 35.9 Å². The zero-order chi connectivity index (χ0) is 56.0. The van der Waals surface area contributed by atoms with Gasteiger partial charge in [-0.1, -0.05) is 69.4 Å². The number of carbonyl (C=O) groups is 11. The lowest BCUT2D eigenvalue weighted by atomic mass is 9.97. The Morgan fingerprint density at radius 2 is 1.11 bits per heavy atom. The van der Waals surface area contributed by atoms with E-state index in [-0.39, 0.29) is 39.0 Å². The lowest BCUT2D eigenvalue weighted by Crippen LogP contribution is -2.65. The third-order valence-corrected chi connectivity index (χ3v) is 10.7. The smallest absolute Gasteiger partial charge is 0.407 e. The Kier molecular flexibility index (Phi) is 29.6. The number of benzene rings is 1. The lowest BCUT2D eigenvalue weighted by Gasteiger charge is -2.46. The number of hydrogen-bond acceptors (Lipinski definition) is 22. The van der Waals surface area contributed by atoms with Crippen LogP contribution in [0.25, 0.3) is 0 Å². The third kappa shape index (κ3) is 25.8. The van der Waals surface area contributed by atoms with Crippen molar-refractivity contribution in [3.8, 4) is 0 Å². The molecule has 1 aromatic carbocycles. The lowest BCUT2D eigenvalue weighted by molar-refractivity contribution is -0.331. The molecule has 1 aliphatic rings. The summed E-state index contributed by atoms with van der Waals surface area (Å²) in [6, 6.07) is 7.62. The first-order valence-electron chi connectivity index (χ1n) is 24.7. The minimum absolute atomic E-state index is 0.0249. The van der Waals surface area contributed by atoms with Gasteiger partial charge in [-0.2, -0.15) is 0 Å². The predicted octanol–water partition coefficient (Wildman–Crippen LogP) is 2.87. The largest absolute Gasteiger partial charge is 0.463 e. The normalized spacial score (nSPS) is 18.9. The van der Waals surface area contributed by atoms with Crippen LogP contribution in [0.3, 0.4) is 0 Å². The highest BCUT2D eigenvalue weighted by atomic mass is 16.8. The summed E-state index contributed by atoms with van der Waals surface area (Å²) in [6.45, 7) is 8.42. The van der Waals surface area contributed by atoms with E-state index in [1.807, 2.05) is 6.07 Å². The second-order valence-corrected chi connectivity index (χ2v) is 17.3. The van der Waals surface area contributed by atoms with Crippen LogP contribution in [-0.4, -0.2) is 153 Å². The van der Waals surface area contributed by atoms with E-state index in [1.54, 1.807) is 24.3 Å². The number of unbranched alkanes of at least 4 members (excludes halogenated alkanes) is 6. The number of alkyl carbamates (subject to hydrolysis) is 1. The monoisotopic (exact) mass is 1070 g/mol. The molecule has 1 heterocycles. The summed E-state index contributed by atoms with van der Waals surface area (Å²) in [5.74, 6) is -10.2. The Hall–Kier alpha value is -6.89. The van der Waals surface area contributed by atoms with Gasteiger partial charge in [0.1, 0.15) is 38.1 Å². The first-order valence-corrected chi connectivity index (χ1v) is 24.7. The van der Waals surface area contributed by atoms with Crippen molar-refractivity contribution < 1.29 is 105 Å². The standard InChI is InChI=1S/C50H73N3O22/c1-10-11-12-13-14-19-24-51-47(62)38(23-18-20-25-52-50(64)67-26-37-21-16-15-17-22-37)53-48(63)45(72-35(8)60)43(70-33(6)58)42(39(68-31(4)56)27-65-29(2)54)75-49-46(73-36(9)61)44(71-34(7)59)41(69-32(5)57)40(74-49)28-66-30(3)55/h15-17,21-22,38-46,49H,10-14,18-20,23-28H2,1-9H3,(H,51,62)(H,52,64)(H,53,63)/t38-,39+,40+,41-,42+,43-,44-,45+,46+,49-/m0/s1. The van der Waals surface area contributed by atoms with Crippen molar-refractivity contribution in [1.29, 1.82) is 0 Å². The highest BCUT2D eigenvalue weighted by molar-refractivity contribution is 5.91. The first kappa shape index (κ1) is 64.2. The molecule has 420 valence electrons. The van der Waals surface area contributed by atoms with Crippen LogP contribution in [0.5, 0.6) is 0 Å². The molecule has 2 rings (SSSR count). The van der Waals surface area contributed by atoms with Crippen molar-refractivity contribution >= 4 is 65.7 Å². The molecule has 1 fully saturated rings. The minimum Gasteiger partial charge on any atom is -0.463 e. The van der Waals surface area contributed by atoms with Crippen molar-refractivity contribution in [3.63, 3.8) is 0 Å². The molecule has 1 aromatic rings. The molecular formula is C50H73N3O22. The van der Waals surface area contributed by atoms with E-state index >= 15 is 0 Å². The van der Waals surface area contributed by atoms with Gasteiger partial charge in [-0.15, -0.1) is 0 Å². The van der Waals surface area contributed by atoms with E-state index < -0.39 is 140 Å². The molecule has 10 atom stereocenters. The van der Waals surface area contributed by atoms with Gasteiger partial charge in [0, 0.05) is 68.5 Å². The zero-order valence-electron chi connectivity index (χ0n) is 44.0. The molecule has 0 radical (unpaired) electrons. The molecule has 3 N–H and O–H groups in total. The van der Waals surface area contributed by atoms with Crippen molar-refractivity contribution in [2.45, 2.75) is 188 Å². The number of esters is 8. The van der Waals surface area contributed by atoms with Crippen LogP contribution in [0.2, 0.25) is 0 Å². The van der Waals surface area contributed by atoms with E-state index in [0.717, 1.165) is 93.1 Å². The van der Waals surface area contributed by atoms with Crippen LogP contribution < -0.4 is 16.0 Å². The van der Waals surface area contributed by atoms with Gasteiger partial charge in [0.25, 0.3) is 5.91 Å². The molecule has 25 nitrogen and oxygen atoms in total. The summed E-state index contributed by atoms with van der Waals surface area (Å²) < 4.78 is 61.3. The van der Waals surface area contributed by atoms with Crippen LogP contribution in [0.4, 0.5) is 4.79 Å². The molecule has 0 aliphatic carbocycles. The van der Waals surface area contributed by atoms with Gasteiger partial charge >= 0.3 is 53.8 Å². The summed E-state index contributed by atoms with van der Waals surface area (Å²) in [5.41, 5.74) is 0.770. The van der Waals surface area contributed by atoms with E-state index in [2.05, 4.69) is 22.9 Å². The highest BCUT2D eigenvalue weighted by Crippen LogP contribution is 2.33. The van der Waals surface area contributed by atoms with Crippen LogP contribution >= 0.6 is 0 Å². The summed E-state index contributed by atoms with van der Waals surface area (Å²) in [4.78, 5) is 142. The number of amides is 3. The first-order chi connectivity index (χ1) is 35.5. The van der Waals surface area contributed by atoms with Gasteiger partial charge in [0.15, 0.2) is 36.8 Å². The molecule has 1 aliphatic heterocycles. The summed E-state index contributed by atoms with van der Waals surface area (Å²) in [7, 11) is 0. The van der Waals surface area contributed by atoms with Gasteiger partial charge in [-0.25, -0.2) is 4.79 Å². The molecule has 25 heteroatoms. The summed E-state index contributed by atoms with van der Waals surface area (Å²) >= 11 is 0. The van der Waals surface area contributed by atoms with Crippen molar-refractivity contribution in [2.75, 3.05) is 26.3 Å². The van der Waals surface area contributed by atoms with Crippen LogP contribution in [0.15, 0.2) is 30.3 Å². The number of nitrogens with one attached hydrogen (secondary N) is 3. The Labute approximate surface area is 435 Å². The number of carbonyl (C=O) groups excluding carboxylic acids is 11. The molecule has 0 saturated carbocycles. The average molecular weight is 1070 g/mol. The zero-order valence-corrected chi connectivity index (χ0v) is 44.0. The quantitative estimate of drug-likeness (QED) is 0.0530. The molecule has 3 amide bonds. The van der Waals surface area contributed by atoms with E-state index in [0.29, 0.717) is 6.42 Å². The van der Waals surface area contributed by atoms with Gasteiger partial charge < -0.3 is 68.1 Å². The second-order valence-electron chi connectivity index (χ2n) is 17.3. The van der Waals surface area contributed by atoms with Crippen LogP contribution in [-0.2, 0) is 107 Å². The van der Waals surface area contributed by atoms with Gasteiger partial charge in [0.2, 0.25) is 12.0 Å². The highest BCUT2D eigenvalue weighted by Gasteiger charge is 2.56. The van der Waals surface area contributed by atoms with Gasteiger partial charge in [0.05, 0.1) is 0 Å². The fraction of sp³-hybridized carbons (Fsp3) is 0.660. The molecule has 0 unspecified atom stereocenters. The molecule has 0 aromatic heterocycles. The third-order valence-electron chi connectivity index (χ3n) is 10.7. The summed E-state index contributed by atoms with van der Waals surface area (Å²) in [5, 5.41) is 7.99. The van der Waals surface area contributed by atoms with Gasteiger partial charge in [-0.3, -0.25) is 47.9 Å². The molecule has 0 bridgehead atoms. The number of rotatable bonds is 32. The second kappa shape index (κ2) is 34.6. The molecular weight excluding hydrogens is 995 g/mol. The Morgan fingerprint density at radius 3 is 1.69 bits per heavy atom. The van der Waals surface area contributed by atoms with Gasteiger partial charge in [-0.05, 0) is 31.2 Å².